The molecule has 1 aromatic carbocycles. The van der Waals surface area contributed by atoms with Gasteiger partial charge in [-0.15, -0.1) is 0 Å². The largest absolute Gasteiger partial charge is 0.368 e. The van der Waals surface area contributed by atoms with Gasteiger partial charge in [0.1, 0.15) is 0 Å². The third-order valence-electron chi connectivity index (χ3n) is 2.93. The van der Waals surface area contributed by atoms with E-state index in [1.54, 1.807) is 6.07 Å². The molecule has 0 aliphatic carbocycles. The Morgan fingerprint density at radius 2 is 2.18 bits per heavy atom. The van der Waals surface area contributed by atoms with Crippen molar-refractivity contribution in [2.75, 3.05) is 23.7 Å². The number of fused-ring (bicyclic) bond motifs is 1. The average Bonchev–Trinajstić information content (AvgIpc) is 2.22. The van der Waals surface area contributed by atoms with Crippen LogP contribution in [0.15, 0.2) is 23.1 Å². The number of hydrogen-bond donors (Lipinski definition) is 1. The van der Waals surface area contributed by atoms with Crippen LogP contribution >= 0.6 is 0 Å². The van der Waals surface area contributed by atoms with Gasteiger partial charge in [-0.05, 0) is 31.5 Å². The maximum absolute atomic E-state index is 12.0. The number of nitrogens with zero attached hydrogens (tertiary/aromatic N) is 1. The molecule has 0 amide bonds. The van der Waals surface area contributed by atoms with Crippen LogP contribution in [0.5, 0.6) is 0 Å². The molecular weight excluding hydrogens is 236 g/mol. The molecule has 1 heterocycles. The van der Waals surface area contributed by atoms with Gasteiger partial charge in [0, 0.05) is 19.1 Å². The third kappa shape index (κ3) is 2.45. The molecule has 94 valence electrons. The van der Waals surface area contributed by atoms with Crippen molar-refractivity contribution in [2.45, 2.75) is 24.8 Å². The highest BCUT2D eigenvalue weighted by atomic mass is 32.2. The molecule has 0 spiro atoms. The van der Waals surface area contributed by atoms with E-state index in [4.69, 9.17) is 5.73 Å². The number of benzene rings is 1. The Morgan fingerprint density at radius 1 is 1.47 bits per heavy atom. The van der Waals surface area contributed by atoms with Gasteiger partial charge in [-0.3, -0.25) is 0 Å². The van der Waals surface area contributed by atoms with E-state index in [0.29, 0.717) is 18.0 Å². The lowest BCUT2D eigenvalue weighted by Crippen LogP contribution is -2.41. The quantitative estimate of drug-likeness (QED) is 0.853. The van der Waals surface area contributed by atoms with Crippen LogP contribution in [0.2, 0.25) is 0 Å². The van der Waals surface area contributed by atoms with Gasteiger partial charge in [0.05, 0.1) is 16.3 Å². The van der Waals surface area contributed by atoms with Crippen molar-refractivity contribution in [3.8, 4) is 0 Å². The Bertz CT molecular complexity index is 523. The SMILES string of the molecule is Cc1ccc2c(c1)S(=O)(=O)CCN2CC(C)N. The number of anilines is 1. The molecule has 0 radical (unpaired) electrons. The van der Waals surface area contributed by atoms with Crippen LogP contribution in [0.3, 0.4) is 0 Å². The molecule has 1 aliphatic heterocycles. The van der Waals surface area contributed by atoms with Gasteiger partial charge < -0.3 is 10.6 Å². The van der Waals surface area contributed by atoms with E-state index in [-0.39, 0.29) is 11.8 Å². The van der Waals surface area contributed by atoms with E-state index in [1.165, 1.54) is 0 Å². The highest BCUT2D eigenvalue weighted by Gasteiger charge is 2.28. The van der Waals surface area contributed by atoms with E-state index < -0.39 is 9.84 Å². The van der Waals surface area contributed by atoms with Crippen molar-refractivity contribution in [3.05, 3.63) is 23.8 Å². The van der Waals surface area contributed by atoms with Crippen molar-refractivity contribution in [1.29, 1.82) is 0 Å². The minimum Gasteiger partial charge on any atom is -0.368 e. The summed E-state index contributed by atoms with van der Waals surface area (Å²) < 4.78 is 24.0. The summed E-state index contributed by atoms with van der Waals surface area (Å²) in [5.41, 5.74) is 7.55. The van der Waals surface area contributed by atoms with Crippen LogP contribution in [0, 0.1) is 6.92 Å². The van der Waals surface area contributed by atoms with E-state index in [2.05, 4.69) is 4.90 Å². The minimum absolute atomic E-state index is 0.0324. The number of hydrogen-bond acceptors (Lipinski definition) is 4. The van der Waals surface area contributed by atoms with Crippen LogP contribution in [0.4, 0.5) is 5.69 Å². The molecule has 0 fully saturated rings. The van der Waals surface area contributed by atoms with Crippen LogP contribution in [0.1, 0.15) is 12.5 Å². The average molecular weight is 254 g/mol. The summed E-state index contributed by atoms with van der Waals surface area (Å²) in [5.74, 6) is 0.177. The fraction of sp³-hybridized carbons (Fsp3) is 0.500. The first-order chi connectivity index (χ1) is 7.90. The molecule has 0 bridgehead atoms. The Kier molecular flexibility index (Phi) is 3.14. The fourth-order valence-electron chi connectivity index (χ4n) is 2.13. The summed E-state index contributed by atoms with van der Waals surface area (Å²) in [6, 6.07) is 5.60. The van der Waals surface area contributed by atoms with Crippen LogP contribution < -0.4 is 10.6 Å². The second kappa shape index (κ2) is 4.31. The van der Waals surface area contributed by atoms with Gasteiger partial charge in [-0.25, -0.2) is 8.42 Å². The van der Waals surface area contributed by atoms with Crippen LogP contribution in [0.25, 0.3) is 0 Å². The summed E-state index contributed by atoms with van der Waals surface area (Å²) >= 11 is 0. The van der Waals surface area contributed by atoms with Gasteiger partial charge in [0.25, 0.3) is 0 Å². The lowest BCUT2D eigenvalue weighted by Gasteiger charge is -2.32. The van der Waals surface area contributed by atoms with Gasteiger partial charge in [-0.1, -0.05) is 6.07 Å². The molecule has 4 nitrogen and oxygen atoms in total. The molecule has 1 atom stereocenters. The molecule has 0 aromatic heterocycles. The number of nitrogens with two attached hydrogens (primary N) is 1. The monoisotopic (exact) mass is 254 g/mol. The first-order valence-corrected chi connectivity index (χ1v) is 7.39. The molecule has 17 heavy (non-hydrogen) atoms. The highest BCUT2D eigenvalue weighted by Crippen LogP contribution is 2.31. The van der Waals surface area contributed by atoms with Crippen molar-refractivity contribution in [2.24, 2.45) is 5.73 Å². The van der Waals surface area contributed by atoms with E-state index in [9.17, 15) is 8.42 Å². The smallest absolute Gasteiger partial charge is 0.182 e. The Hall–Kier alpha value is -1.07. The topological polar surface area (TPSA) is 63.4 Å². The molecule has 0 saturated heterocycles. The number of rotatable bonds is 2. The molecule has 5 heteroatoms. The van der Waals surface area contributed by atoms with Crippen molar-refractivity contribution < 1.29 is 8.42 Å². The van der Waals surface area contributed by atoms with E-state index in [1.807, 2.05) is 26.0 Å². The third-order valence-corrected chi connectivity index (χ3v) is 4.65. The van der Waals surface area contributed by atoms with Crippen molar-refractivity contribution >= 4 is 15.5 Å². The molecule has 1 unspecified atom stereocenters. The Labute approximate surface area is 102 Å². The normalized spacial score (nSPS) is 19.8. The zero-order valence-corrected chi connectivity index (χ0v) is 11.0. The number of sulfone groups is 1. The first kappa shape index (κ1) is 12.4. The zero-order valence-electron chi connectivity index (χ0n) is 10.2. The minimum atomic E-state index is -3.12. The predicted octanol–water partition coefficient (Wildman–Crippen LogP) is 0.936. The van der Waals surface area contributed by atoms with E-state index in [0.717, 1.165) is 11.3 Å². The maximum Gasteiger partial charge on any atom is 0.182 e. The van der Waals surface area contributed by atoms with Crippen molar-refractivity contribution in [3.63, 3.8) is 0 Å². The summed E-state index contributed by atoms with van der Waals surface area (Å²) in [6.07, 6.45) is 0. The molecule has 0 saturated carbocycles. The second-order valence-corrected chi connectivity index (χ2v) is 6.79. The Morgan fingerprint density at radius 3 is 2.82 bits per heavy atom. The standard InChI is InChI=1S/C12H18N2O2S/c1-9-3-4-11-12(7-9)17(15,16)6-5-14(11)8-10(2)13/h3-4,7,10H,5-6,8,13H2,1-2H3. The van der Waals surface area contributed by atoms with Gasteiger partial charge >= 0.3 is 0 Å². The first-order valence-electron chi connectivity index (χ1n) is 5.74. The molecule has 2 N–H and O–H groups in total. The summed E-state index contributed by atoms with van der Waals surface area (Å²) in [7, 11) is -3.12. The molecule has 1 aromatic rings. The maximum atomic E-state index is 12.0. The lowest BCUT2D eigenvalue weighted by atomic mass is 10.2. The van der Waals surface area contributed by atoms with Gasteiger partial charge in [0.2, 0.25) is 0 Å². The fourth-order valence-corrected chi connectivity index (χ4v) is 3.69. The Balaban J connectivity index is 2.48. The lowest BCUT2D eigenvalue weighted by molar-refractivity contribution is 0.585. The summed E-state index contributed by atoms with van der Waals surface area (Å²) in [6.45, 7) is 5.04. The predicted molar refractivity (Wildman–Crippen MR) is 69.1 cm³/mol. The highest BCUT2D eigenvalue weighted by molar-refractivity contribution is 7.91. The van der Waals surface area contributed by atoms with Gasteiger partial charge in [-0.2, -0.15) is 0 Å². The van der Waals surface area contributed by atoms with Crippen molar-refractivity contribution in [1.82, 2.24) is 0 Å². The van der Waals surface area contributed by atoms with E-state index >= 15 is 0 Å². The summed E-state index contributed by atoms with van der Waals surface area (Å²) in [4.78, 5) is 2.50. The molecule has 1 aliphatic rings. The van der Waals surface area contributed by atoms with Gasteiger partial charge in [0.15, 0.2) is 9.84 Å². The number of aryl methyl sites for hydroxylation is 1. The molecular formula is C12H18N2O2S. The molecule has 2 rings (SSSR count). The second-order valence-electron chi connectivity index (χ2n) is 4.71. The van der Waals surface area contributed by atoms with Crippen LogP contribution in [-0.4, -0.2) is 33.3 Å². The zero-order chi connectivity index (χ0) is 12.6. The summed E-state index contributed by atoms with van der Waals surface area (Å²) in [5, 5.41) is 0. The van der Waals surface area contributed by atoms with Crippen LogP contribution in [-0.2, 0) is 9.84 Å².